The van der Waals surface area contributed by atoms with Gasteiger partial charge in [0, 0.05) is 0 Å². The molecule has 0 unspecified atom stereocenters. The van der Waals surface area contributed by atoms with Crippen molar-refractivity contribution in [1.29, 1.82) is 0 Å². The Morgan fingerprint density at radius 1 is 1.44 bits per heavy atom. The van der Waals surface area contributed by atoms with Gasteiger partial charge in [0.05, 0.1) is 0 Å². The largest absolute Gasteiger partial charge is 1.00 e. The van der Waals surface area contributed by atoms with Crippen molar-refractivity contribution >= 4 is 0 Å². The zero-order chi connectivity index (χ0) is 5.82. The first kappa shape index (κ1) is 9.56. The Labute approximate surface area is 69.8 Å². The summed E-state index contributed by atoms with van der Waals surface area (Å²) in [5.74, 6) is 0. The first-order valence-electron chi connectivity index (χ1n) is 3.60. The van der Waals surface area contributed by atoms with Gasteiger partial charge < -0.3 is 5.32 Å². The van der Waals surface area contributed by atoms with E-state index in [4.69, 9.17) is 0 Å². The van der Waals surface area contributed by atoms with Crippen molar-refractivity contribution < 1.29 is 18.9 Å². The van der Waals surface area contributed by atoms with Gasteiger partial charge in [0.15, 0.2) is 0 Å². The second-order valence-corrected chi connectivity index (χ2v) is 2.49. The van der Waals surface area contributed by atoms with Crippen LogP contribution in [0, 0.1) is 0 Å². The van der Waals surface area contributed by atoms with E-state index in [0.717, 1.165) is 12.6 Å². The van der Waals surface area contributed by atoms with Crippen molar-refractivity contribution in [3.05, 3.63) is 5.32 Å². The van der Waals surface area contributed by atoms with E-state index in [9.17, 15) is 0 Å². The molecule has 1 aliphatic rings. The molecule has 0 saturated heterocycles. The van der Waals surface area contributed by atoms with Gasteiger partial charge in [-0.2, -0.15) is 0 Å². The minimum Gasteiger partial charge on any atom is -0.660 e. The molecule has 0 aromatic carbocycles. The van der Waals surface area contributed by atoms with Gasteiger partial charge in [-0.25, -0.2) is 0 Å². The molecule has 0 N–H and O–H groups in total. The summed E-state index contributed by atoms with van der Waals surface area (Å²) in [6.45, 7) is 3.27. The van der Waals surface area contributed by atoms with E-state index in [0.29, 0.717) is 0 Å². The molecule has 0 spiro atoms. The average molecular weight is 119 g/mol. The predicted molar refractivity (Wildman–Crippen MR) is 36.2 cm³/mol. The molecule has 1 aliphatic carbocycles. The van der Waals surface area contributed by atoms with Crippen LogP contribution in [0.25, 0.3) is 5.32 Å². The van der Waals surface area contributed by atoms with E-state index in [1.807, 2.05) is 0 Å². The van der Waals surface area contributed by atoms with E-state index in [-0.39, 0.29) is 18.9 Å². The average Bonchev–Trinajstić information content (AvgIpc) is 1.63. The Kier molecular flexibility index (Phi) is 5.68. The first-order chi connectivity index (χ1) is 3.93. The van der Waals surface area contributed by atoms with Crippen LogP contribution in [0.4, 0.5) is 0 Å². The van der Waals surface area contributed by atoms with E-state index >= 15 is 0 Å². The molecule has 1 saturated carbocycles. The maximum atomic E-state index is 4.45. The van der Waals surface area contributed by atoms with E-state index in [1.54, 1.807) is 0 Å². The molecular weight excluding hydrogens is 105 g/mol. The Balaban J connectivity index is 0.000000640. The molecule has 0 radical (unpaired) electrons. The van der Waals surface area contributed by atoms with Crippen LogP contribution in [0.15, 0.2) is 0 Å². The van der Waals surface area contributed by atoms with Gasteiger partial charge in [-0.3, -0.25) is 0 Å². The van der Waals surface area contributed by atoms with Crippen LogP contribution in [-0.2, 0) is 0 Å². The Morgan fingerprint density at radius 3 is 2.44 bits per heavy atom. The molecule has 0 bridgehead atoms. The second kappa shape index (κ2) is 5.35. The fourth-order valence-corrected chi connectivity index (χ4v) is 0.881. The zero-order valence-electron chi connectivity index (χ0n) is 6.56. The standard InChI is InChI=1S/C7H14N.Li/c1-2-6-8-7-4-3-5-7;/h7H,2-6H2,1H3;/q-1;+1. The third-order valence-corrected chi connectivity index (χ3v) is 1.69. The summed E-state index contributed by atoms with van der Waals surface area (Å²) in [6.07, 6.45) is 5.36. The molecular formula is C7H14LiN. The fraction of sp³-hybridized carbons (Fsp3) is 1.00. The summed E-state index contributed by atoms with van der Waals surface area (Å²) in [5, 5.41) is 4.45. The van der Waals surface area contributed by atoms with E-state index in [1.165, 1.54) is 25.7 Å². The van der Waals surface area contributed by atoms with Crippen molar-refractivity contribution in [3.8, 4) is 0 Å². The summed E-state index contributed by atoms with van der Waals surface area (Å²) in [4.78, 5) is 0. The van der Waals surface area contributed by atoms with Crippen molar-refractivity contribution in [2.75, 3.05) is 6.54 Å². The van der Waals surface area contributed by atoms with Crippen LogP contribution >= 0.6 is 0 Å². The van der Waals surface area contributed by atoms with Crippen LogP contribution in [0.5, 0.6) is 0 Å². The molecule has 0 aromatic rings. The molecule has 9 heavy (non-hydrogen) atoms. The fourth-order valence-electron chi connectivity index (χ4n) is 0.881. The summed E-state index contributed by atoms with van der Waals surface area (Å²) in [5.41, 5.74) is 0. The van der Waals surface area contributed by atoms with Gasteiger partial charge in [0.1, 0.15) is 0 Å². The summed E-state index contributed by atoms with van der Waals surface area (Å²) in [6, 6.07) is 0.759. The number of rotatable bonds is 3. The van der Waals surface area contributed by atoms with Crippen LogP contribution in [-0.4, -0.2) is 12.6 Å². The topological polar surface area (TPSA) is 14.1 Å². The van der Waals surface area contributed by atoms with Gasteiger partial charge in [-0.05, 0) is 0 Å². The summed E-state index contributed by atoms with van der Waals surface area (Å²) < 4.78 is 0. The monoisotopic (exact) mass is 119 g/mol. The Bertz CT molecular complexity index is 61.9. The minimum atomic E-state index is 0. The maximum Gasteiger partial charge on any atom is 1.00 e. The quantitative estimate of drug-likeness (QED) is 0.437. The van der Waals surface area contributed by atoms with Crippen LogP contribution in [0.1, 0.15) is 32.6 Å². The van der Waals surface area contributed by atoms with E-state index in [2.05, 4.69) is 12.2 Å². The Morgan fingerprint density at radius 2 is 2.11 bits per heavy atom. The Hall–Kier alpha value is 0.557. The summed E-state index contributed by atoms with van der Waals surface area (Å²) in [7, 11) is 0. The van der Waals surface area contributed by atoms with Crippen LogP contribution < -0.4 is 18.9 Å². The molecule has 1 nitrogen and oxygen atoms in total. The number of hydrogen-bond donors (Lipinski definition) is 0. The molecule has 0 amide bonds. The molecule has 2 heteroatoms. The van der Waals surface area contributed by atoms with Crippen molar-refractivity contribution in [2.24, 2.45) is 0 Å². The SMILES string of the molecule is CCC[N-]C1CCC1.[Li+]. The third-order valence-electron chi connectivity index (χ3n) is 1.69. The van der Waals surface area contributed by atoms with Crippen molar-refractivity contribution in [1.82, 2.24) is 0 Å². The van der Waals surface area contributed by atoms with Crippen LogP contribution in [0.2, 0.25) is 0 Å². The van der Waals surface area contributed by atoms with Gasteiger partial charge in [-0.15, -0.1) is 12.6 Å². The molecule has 0 atom stereocenters. The van der Waals surface area contributed by atoms with Gasteiger partial charge >= 0.3 is 18.9 Å². The maximum absolute atomic E-state index is 4.45. The molecule has 0 aromatic heterocycles. The molecule has 1 fully saturated rings. The van der Waals surface area contributed by atoms with Gasteiger partial charge in [-0.1, -0.05) is 32.6 Å². The minimum absolute atomic E-state index is 0. The number of nitrogens with zero attached hydrogens (tertiary/aromatic N) is 1. The van der Waals surface area contributed by atoms with Crippen molar-refractivity contribution in [2.45, 2.75) is 38.6 Å². The molecule has 48 valence electrons. The molecule has 0 heterocycles. The summed E-state index contributed by atoms with van der Waals surface area (Å²) >= 11 is 0. The normalized spacial score (nSPS) is 18.3. The molecule has 1 rings (SSSR count). The second-order valence-electron chi connectivity index (χ2n) is 2.49. The van der Waals surface area contributed by atoms with Crippen molar-refractivity contribution in [3.63, 3.8) is 0 Å². The number of hydrogen-bond acceptors (Lipinski definition) is 0. The van der Waals surface area contributed by atoms with E-state index < -0.39 is 0 Å². The molecule has 0 aliphatic heterocycles. The van der Waals surface area contributed by atoms with Gasteiger partial charge in [0.2, 0.25) is 0 Å². The third kappa shape index (κ3) is 3.30. The first-order valence-corrected chi connectivity index (χ1v) is 3.60. The smallest absolute Gasteiger partial charge is 0.660 e. The zero-order valence-corrected chi connectivity index (χ0v) is 6.56. The van der Waals surface area contributed by atoms with Crippen LogP contribution in [0.3, 0.4) is 0 Å². The predicted octanol–water partition coefficient (Wildman–Crippen LogP) is -0.673. The van der Waals surface area contributed by atoms with Gasteiger partial charge in [0.25, 0.3) is 0 Å².